The first-order valence-corrected chi connectivity index (χ1v) is 10.2. The number of carbonyl (C=O) groups is 1. The number of amides is 1. The molecule has 0 saturated heterocycles. The maximum Gasteiger partial charge on any atom is 0.416 e. The third-order valence-electron chi connectivity index (χ3n) is 5.89. The van der Waals surface area contributed by atoms with E-state index in [9.17, 15) is 18.0 Å². The largest absolute Gasteiger partial charge is 0.491 e. The highest BCUT2D eigenvalue weighted by molar-refractivity contribution is 6.09. The van der Waals surface area contributed by atoms with Gasteiger partial charge in [-0.25, -0.2) is 9.97 Å². The predicted molar refractivity (Wildman–Crippen MR) is 115 cm³/mol. The molecular weight excluding hydrogens is 437 g/mol. The Morgan fingerprint density at radius 2 is 2.06 bits per heavy atom. The number of ether oxygens (including phenoxy) is 1. The highest BCUT2D eigenvalue weighted by Gasteiger charge is 2.36. The Morgan fingerprint density at radius 1 is 1.27 bits per heavy atom. The number of pyridine rings is 2. The molecule has 0 radical (unpaired) electrons. The van der Waals surface area contributed by atoms with Crippen molar-refractivity contribution < 1.29 is 22.7 Å². The van der Waals surface area contributed by atoms with Crippen molar-refractivity contribution in [3.05, 3.63) is 53.5 Å². The van der Waals surface area contributed by atoms with Gasteiger partial charge in [0.2, 0.25) is 0 Å². The van der Waals surface area contributed by atoms with Gasteiger partial charge in [-0.1, -0.05) is 6.07 Å². The Kier molecular flexibility index (Phi) is 4.66. The molecule has 1 atom stereocenters. The number of nitrogens with zero attached hydrogens (tertiary/aromatic N) is 5. The zero-order valence-corrected chi connectivity index (χ0v) is 17.7. The van der Waals surface area contributed by atoms with Gasteiger partial charge in [0, 0.05) is 24.5 Å². The summed E-state index contributed by atoms with van der Waals surface area (Å²) in [6.45, 7) is 2.17. The number of likely N-dealkylation sites (N-methyl/N-ethyl adjacent to an activating group) is 1. The van der Waals surface area contributed by atoms with Crippen LogP contribution >= 0.6 is 0 Å². The monoisotopic (exact) mass is 456 g/mol. The molecule has 1 amide bonds. The molecule has 11 heteroatoms. The molecule has 4 aromatic rings. The van der Waals surface area contributed by atoms with Gasteiger partial charge in [0.25, 0.3) is 5.91 Å². The normalized spacial score (nSPS) is 15.6. The number of anilines is 1. The first kappa shape index (κ1) is 21.0. The van der Waals surface area contributed by atoms with Crippen LogP contribution in [0.3, 0.4) is 0 Å². The van der Waals surface area contributed by atoms with Crippen molar-refractivity contribution in [3.63, 3.8) is 0 Å². The summed E-state index contributed by atoms with van der Waals surface area (Å²) in [6, 6.07) is 4.45. The van der Waals surface area contributed by atoms with Crippen molar-refractivity contribution in [2.75, 3.05) is 18.9 Å². The number of rotatable bonds is 3. The number of carbonyl (C=O) groups excluding carboxylic acids is 1. The summed E-state index contributed by atoms with van der Waals surface area (Å²) in [5.41, 5.74) is 7.19. The van der Waals surface area contributed by atoms with Gasteiger partial charge in [-0.2, -0.15) is 18.3 Å². The van der Waals surface area contributed by atoms with E-state index in [4.69, 9.17) is 10.5 Å². The van der Waals surface area contributed by atoms with Crippen LogP contribution in [0, 0.1) is 0 Å². The maximum absolute atomic E-state index is 13.4. The SMILES string of the molecule is CCN(C(=O)c1cc2c(cn1)nc(N)c1cnn(C)c12)[C@@H]1COc2cc(C(F)(F)F)ccc21. The summed E-state index contributed by atoms with van der Waals surface area (Å²) in [7, 11) is 1.77. The van der Waals surface area contributed by atoms with Gasteiger partial charge in [0.1, 0.15) is 23.9 Å². The van der Waals surface area contributed by atoms with E-state index in [0.29, 0.717) is 34.2 Å². The molecule has 1 aromatic carbocycles. The minimum absolute atomic E-state index is 0.0634. The Balaban J connectivity index is 1.54. The average molecular weight is 456 g/mol. The van der Waals surface area contributed by atoms with Crippen molar-refractivity contribution in [1.29, 1.82) is 0 Å². The number of hydrogen-bond acceptors (Lipinski definition) is 6. The van der Waals surface area contributed by atoms with Crippen molar-refractivity contribution in [1.82, 2.24) is 24.6 Å². The molecule has 8 nitrogen and oxygen atoms in total. The number of benzene rings is 1. The van der Waals surface area contributed by atoms with E-state index in [1.54, 1.807) is 35.8 Å². The minimum atomic E-state index is -4.47. The number of aryl methyl sites for hydroxylation is 1. The molecule has 33 heavy (non-hydrogen) atoms. The van der Waals surface area contributed by atoms with E-state index in [2.05, 4.69) is 15.1 Å². The fourth-order valence-corrected chi connectivity index (χ4v) is 4.26. The Hall–Kier alpha value is -3.89. The van der Waals surface area contributed by atoms with E-state index in [1.807, 2.05) is 0 Å². The molecule has 170 valence electrons. The first-order chi connectivity index (χ1) is 15.7. The molecule has 0 aliphatic carbocycles. The topological polar surface area (TPSA) is 99.2 Å². The second-order valence-electron chi connectivity index (χ2n) is 7.78. The van der Waals surface area contributed by atoms with Crippen molar-refractivity contribution in [3.8, 4) is 5.75 Å². The van der Waals surface area contributed by atoms with Crippen molar-refractivity contribution in [2.24, 2.45) is 7.05 Å². The summed E-state index contributed by atoms with van der Waals surface area (Å²) in [5.74, 6) is 0.0799. The van der Waals surface area contributed by atoms with E-state index < -0.39 is 17.8 Å². The Morgan fingerprint density at radius 3 is 2.79 bits per heavy atom. The van der Waals surface area contributed by atoms with Gasteiger partial charge in [0.05, 0.1) is 40.4 Å². The molecule has 0 saturated carbocycles. The summed E-state index contributed by atoms with van der Waals surface area (Å²) in [6.07, 6.45) is -1.38. The maximum atomic E-state index is 13.4. The van der Waals surface area contributed by atoms with Crippen molar-refractivity contribution in [2.45, 2.75) is 19.1 Å². The number of fused-ring (bicyclic) bond motifs is 4. The molecule has 0 unspecified atom stereocenters. The third kappa shape index (κ3) is 3.31. The first-order valence-electron chi connectivity index (χ1n) is 10.2. The lowest BCUT2D eigenvalue weighted by molar-refractivity contribution is -0.137. The Bertz CT molecular complexity index is 1420. The molecule has 3 aromatic heterocycles. The zero-order valence-electron chi connectivity index (χ0n) is 17.7. The van der Waals surface area contributed by atoms with Crippen LogP contribution in [0.1, 0.15) is 34.6 Å². The third-order valence-corrected chi connectivity index (χ3v) is 5.89. The van der Waals surface area contributed by atoms with Gasteiger partial charge >= 0.3 is 6.18 Å². The van der Waals surface area contributed by atoms with Crippen LogP contribution in [0.15, 0.2) is 36.7 Å². The molecule has 1 aliphatic heterocycles. The van der Waals surface area contributed by atoms with E-state index in [0.717, 1.165) is 17.6 Å². The minimum Gasteiger partial charge on any atom is -0.491 e. The number of hydrogen-bond donors (Lipinski definition) is 1. The van der Waals surface area contributed by atoms with Crippen LogP contribution in [0.4, 0.5) is 19.0 Å². The van der Waals surface area contributed by atoms with Gasteiger partial charge in [-0.15, -0.1) is 0 Å². The van der Waals surface area contributed by atoms with Gasteiger partial charge in [-0.05, 0) is 25.1 Å². The predicted octanol–water partition coefficient (Wildman–Crippen LogP) is 3.71. The molecule has 1 aliphatic rings. The number of halogens is 3. The lowest BCUT2D eigenvalue weighted by Gasteiger charge is -2.26. The quantitative estimate of drug-likeness (QED) is 0.505. The summed E-state index contributed by atoms with van der Waals surface area (Å²) >= 11 is 0. The molecule has 0 bridgehead atoms. The van der Waals surface area contributed by atoms with E-state index in [-0.39, 0.29) is 24.0 Å². The number of alkyl halides is 3. The summed E-state index contributed by atoms with van der Waals surface area (Å²) < 4.78 is 46.3. The fraction of sp³-hybridized carbons (Fsp3) is 0.273. The standard InChI is InChI=1S/C22H19F3N6O2/c1-3-31(17-10-33-18-6-11(22(23,24)25)4-5-12(17)18)21(32)15-7-13-16(9-27-15)29-20(26)14-8-28-30(2)19(13)14/h4-9,17H,3,10H2,1-2H3,(H2,26,29)/t17-/m1/s1. The molecule has 0 fully saturated rings. The van der Waals surface area contributed by atoms with Crippen LogP contribution in [-0.2, 0) is 13.2 Å². The van der Waals surface area contributed by atoms with Crippen LogP contribution < -0.4 is 10.5 Å². The van der Waals surface area contributed by atoms with Crippen LogP contribution in [0.2, 0.25) is 0 Å². The summed E-state index contributed by atoms with van der Waals surface area (Å²) in [4.78, 5) is 23.6. The fourth-order valence-electron chi connectivity index (χ4n) is 4.26. The molecular formula is C22H19F3N6O2. The van der Waals surface area contributed by atoms with Crippen molar-refractivity contribution >= 4 is 33.5 Å². The second-order valence-corrected chi connectivity index (χ2v) is 7.78. The van der Waals surface area contributed by atoms with Crippen LogP contribution in [0.25, 0.3) is 21.8 Å². The lowest BCUT2D eigenvalue weighted by atomic mass is 10.0. The number of nitrogen functional groups attached to an aromatic ring is 1. The summed E-state index contributed by atoms with van der Waals surface area (Å²) in [5, 5.41) is 5.57. The second kappa shape index (κ2) is 7.32. The highest BCUT2D eigenvalue weighted by atomic mass is 19.4. The molecule has 5 rings (SSSR count). The van der Waals surface area contributed by atoms with Gasteiger partial charge in [0.15, 0.2) is 0 Å². The van der Waals surface area contributed by atoms with Crippen LogP contribution in [0.5, 0.6) is 5.75 Å². The molecule has 0 spiro atoms. The zero-order chi connectivity index (χ0) is 23.5. The lowest BCUT2D eigenvalue weighted by Crippen LogP contribution is -2.36. The molecule has 2 N–H and O–H groups in total. The van der Waals surface area contributed by atoms with E-state index in [1.165, 1.54) is 12.3 Å². The Labute approximate surface area is 185 Å². The van der Waals surface area contributed by atoms with Crippen LogP contribution in [-0.4, -0.2) is 43.7 Å². The smallest absolute Gasteiger partial charge is 0.416 e. The number of aromatic nitrogens is 4. The average Bonchev–Trinajstić information content (AvgIpc) is 3.38. The van der Waals surface area contributed by atoms with Gasteiger partial charge < -0.3 is 15.4 Å². The molecule has 4 heterocycles. The van der Waals surface area contributed by atoms with E-state index >= 15 is 0 Å². The number of nitrogens with two attached hydrogens (primary N) is 1. The highest BCUT2D eigenvalue weighted by Crippen LogP contribution is 2.41. The van der Waals surface area contributed by atoms with Gasteiger partial charge in [-0.3, -0.25) is 9.48 Å².